The number of carbonyl (C=O) groups is 1. The Hall–Kier alpha value is -1.57. The molecule has 0 spiro atoms. The molecule has 2 fully saturated rings. The van der Waals surface area contributed by atoms with Crippen LogP contribution in [0.15, 0.2) is 34.4 Å². The Morgan fingerprint density at radius 1 is 1.44 bits per heavy atom. The fourth-order valence-corrected chi connectivity index (χ4v) is 3.83. The van der Waals surface area contributed by atoms with Crippen LogP contribution in [0.5, 0.6) is 5.75 Å². The first-order valence-corrected chi connectivity index (χ1v) is 8.99. The van der Waals surface area contributed by atoms with Gasteiger partial charge < -0.3 is 23.8 Å². The smallest absolute Gasteiger partial charge is 0.332 e. The van der Waals surface area contributed by atoms with E-state index in [1.54, 1.807) is 14.0 Å². The lowest BCUT2D eigenvalue weighted by atomic mass is 10.2. The third-order valence-electron chi connectivity index (χ3n) is 4.14. The SMILES string of the molecule is CCOC(=O)/C=C1\[C@@H]2OC(C)(C)O[C@@H]2CN1c1c(Br)cccc1OC. The zero-order valence-electron chi connectivity index (χ0n) is 14.7. The molecule has 0 saturated carbocycles. The molecule has 0 amide bonds. The molecule has 0 radical (unpaired) electrons. The molecule has 2 heterocycles. The summed E-state index contributed by atoms with van der Waals surface area (Å²) in [5.74, 6) is -0.390. The number of halogens is 1. The van der Waals surface area contributed by atoms with Crippen molar-refractivity contribution in [2.45, 2.75) is 38.8 Å². The Balaban J connectivity index is 2.03. The van der Waals surface area contributed by atoms with Crippen LogP contribution in [-0.4, -0.2) is 44.2 Å². The van der Waals surface area contributed by atoms with Gasteiger partial charge in [0.15, 0.2) is 5.79 Å². The van der Waals surface area contributed by atoms with Gasteiger partial charge in [-0.25, -0.2) is 4.79 Å². The molecule has 0 unspecified atom stereocenters. The minimum atomic E-state index is -0.687. The first-order chi connectivity index (χ1) is 11.9. The van der Waals surface area contributed by atoms with E-state index < -0.39 is 11.8 Å². The van der Waals surface area contributed by atoms with Crippen LogP contribution in [0.25, 0.3) is 0 Å². The number of methoxy groups -OCH3 is 1. The summed E-state index contributed by atoms with van der Waals surface area (Å²) in [5, 5.41) is 0. The maximum absolute atomic E-state index is 12.1. The van der Waals surface area contributed by atoms with E-state index in [0.717, 1.165) is 10.2 Å². The third-order valence-corrected chi connectivity index (χ3v) is 4.78. The summed E-state index contributed by atoms with van der Waals surface area (Å²) in [6.07, 6.45) is 0.973. The molecule has 1 aromatic carbocycles. The van der Waals surface area contributed by atoms with E-state index in [-0.39, 0.29) is 12.2 Å². The first kappa shape index (κ1) is 18.2. The standard InChI is InChI=1S/C18H22BrNO5/c1-5-23-15(21)9-12-17-14(24-18(2,3)25-17)10-20(12)16-11(19)7-6-8-13(16)22-4/h6-9,14,17H,5,10H2,1-4H3/b12-9+/t14-,17+/m1/s1. The van der Waals surface area contributed by atoms with Gasteiger partial charge in [-0.3, -0.25) is 0 Å². The van der Waals surface area contributed by atoms with Gasteiger partial charge >= 0.3 is 5.97 Å². The second-order valence-electron chi connectivity index (χ2n) is 6.32. The van der Waals surface area contributed by atoms with Crippen molar-refractivity contribution in [3.63, 3.8) is 0 Å². The quantitative estimate of drug-likeness (QED) is 0.559. The highest BCUT2D eigenvalue weighted by atomic mass is 79.9. The van der Waals surface area contributed by atoms with E-state index in [2.05, 4.69) is 15.9 Å². The van der Waals surface area contributed by atoms with Gasteiger partial charge in [-0.2, -0.15) is 0 Å². The number of hydrogen-bond donors (Lipinski definition) is 0. The molecule has 3 rings (SSSR count). The number of ether oxygens (including phenoxy) is 4. The van der Waals surface area contributed by atoms with Gasteiger partial charge in [-0.15, -0.1) is 0 Å². The molecule has 2 aliphatic rings. The van der Waals surface area contributed by atoms with Crippen molar-refractivity contribution < 1.29 is 23.7 Å². The van der Waals surface area contributed by atoms with E-state index in [1.807, 2.05) is 36.9 Å². The van der Waals surface area contributed by atoms with Crippen LogP contribution in [0, 0.1) is 0 Å². The molecule has 0 N–H and O–H groups in total. The summed E-state index contributed by atoms with van der Waals surface area (Å²) >= 11 is 3.58. The Bertz CT molecular complexity index is 703. The highest BCUT2D eigenvalue weighted by Crippen LogP contribution is 2.45. The molecule has 136 valence electrons. The van der Waals surface area contributed by atoms with Gasteiger partial charge in [0, 0.05) is 10.5 Å². The van der Waals surface area contributed by atoms with Gasteiger partial charge in [-0.05, 0) is 48.8 Å². The molecule has 1 aromatic rings. The van der Waals surface area contributed by atoms with Crippen molar-refractivity contribution in [2.75, 3.05) is 25.2 Å². The summed E-state index contributed by atoms with van der Waals surface area (Å²) in [5.41, 5.74) is 1.54. The van der Waals surface area contributed by atoms with Crippen LogP contribution in [0.3, 0.4) is 0 Å². The Kier molecular flexibility index (Phi) is 5.09. The van der Waals surface area contributed by atoms with Gasteiger partial charge in [0.1, 0.15) is 18.0 Å². The van der Waals surface area contributed by atoms with Crippen molar-refractivity contribution in [1.29, 1.82) is 0 Å². The number of fused-ring (bicyclic) bond motifs is 1. The van der Waals surface area contributed by atoms with Gasteiger partial charge in [0.2, 0.25) is 0 Å². The Morgan fingerprint density at radius 3 is 2.88 bits per heavy atom. The third kappa shape index (κ3) is 3.54. The molecule has 0 aromatic heterocycles. The van der Waals surface area contributed by atoms with Crippen LogP contribution in [0.1, 0.15) is 20.8 Å². The molecule has 0 aliphatic carbocycles. The number of hydrogen-bond acceptors (Lipinski definition) is 6. The summed E-state index contributed by atoms with van der Waals surface area (Å²) in [7, 11) is 1.62. The lowest BCUT2D eigenvalue weighted by Crippen LogP contribution is -2.30. The molecule has 7 heteroatoms. The highest BCUT2D eigenvalue weighted by Gasteiger charge is 2.51. The molecular formula is C18H22BrNO5. The zero-order valence-corrected chi connectivity index (χ0v) is 16.3. The molecule has 2 aliphatic heterocycles. The molecule has 0 bridgehead atoms. The maximum atomic E-state index is 12.1. The molecule has 25 heavy (non-hydrogen) atoms. The van der Waals surface area contributed by atoms with E-state index >= 15 is 0 Å². The molecular weight excluding hydrogens is 390 g/mol. The van der Waals surface area contributed by atoms with Crippen molar-refractivity contribution in [2.24, 2.45) is 0 Å². The van der Waals surface area contributed by atoms with Crippen molar-refractivity contribution in [1.82, 2.24) is 0 Å². The topological polar surface area (TPSA) is 57.2 Å². The highest BCUT2D eigenvalue weighted by molar-refractivity contribution is 9.10. The number of para-hydroxylation sites is 1. The van der Waals surface area contributed by atoms with Crippen molar-refractivity contribution in [3.05, 3.63) is 34.4 Å². The van der Waals surface area contributed by atoms with Crippen molar-refractivity contribution >= 4 is 27.6 Å². The van der Waals surface area contributed by atoms with Crippen LogP contribution in [0.4, 0.5) is 5.69 Å². The van der Waals surface area contributed by atoms with Crippen LogP contribution >= 0.6 is 15.9 Å². The fourth-order valence-electron chi connectivity index (χ4n) is 3.27. The minimum absolute atomic E-state index is 0.174. The van der Waals surface area contributed by atoms with E-state index in [9.17, 15) is 4.79 Å². The van der Waals surface area contributed by atoms with Crippen LogP contribution < -0.4 is 9.64 Å². The largest absolute Gasteiger partial charge is 0.495 e. The summed E-state index contributed by atoms with van der Waals surface area (Å²) in [4.78, 5) is 14.1. The summed E-state index contributed by atoms with van der Waals surface area (Å²) in [6, 6.07) is 5.70. The average Bonchev–Trinajstić information content (AvgIpc) is 3.00. The number of rotatable bonds is 4. The van der Waals surface area contributed by atoms with E-state index in [1.165, 1.54) is 6.08 Å². The zero-order chi connectivity index (χ0) is 18.2. The minimum Gasteiger partial charge on any atom is -0.495 e. The Labute approximate surface area is 155 Å². The lowest BCUT2D eigenvalue weighted by Gasteiger charge is -2.28. The van der Waals surface area contributed by atoms with Crippen LogP contribution in [-0.2, 0) is 19.0 Å². The first-order valence-electron chi connectivity index (χ1n) is 8.20. The number of esters is 1. The second-order valence-corrected chi connectivity index (χ2v) is 7.17. The van der Waals surface area contributed by atoms with Crippen LogP contribution in [0.2, 0.25) is 0 Å². The van der Waals surface area contributed by atoms with E-state index in [0.29, 0.717) is 24.6 Å². The van der Waals surface area contributed by atoms with Gasteiger partial charge in [0.25, 0.3) is 0 Å². The monoisotopic (exact) mass is 411 g/mol. The Morgan fingerprint density at radius 2 is 2.20 bits per heavy atom. The molecule has 6 nitrogen and oxygen atoms in total. The summed E-state index contributed by atoms with van der Waals surface area (Å²) < 4.78 is 23.5. The number of benzene rings is 1. The summed E-state index contributed by atoms with van der Waals surface area (Å²) in [6.45, 7) is 6.39. The number of nitrogens with zero attached hydrogens (tertiary/aromatic N) is 1. The maximum Gasteiger partial charge on any atom is 0.332 e. The average molecular weight is 412 g/mol. The second kappa shape index (κ2) is 6.97. The molecule has 2 atom stereocenters. The van der Waals surface area contributed by atoms with E-state index in [4.69, 9.17) is 18.9 Å². The number of carbonyl (C=O) groups excluding carboxylic acids is 1. The lowest BCUT2D eigenvalue weighted by molar-refractivity contribution is -0.146. The molecule has 2 saturated heterocycles. The van der Waals surface area contributed by atoms with Gasteiger partial charge in [0.05, 0.1) is 31.6 Å². The van der Waals surface area contributed by atoms with Gasteiger partial charge in [-0.1, -0.05) is 6.07 Å². The van der Waals surface area contributed by atoms with Crippen molar-refractivity contribution in [3.8, 4) is 5.75 Å². The fraction of sp³-hybridized carbons (Fsp3) is 0.500. The number of anilines is 1. The predicted octanol–water partition coefficient (Wildman–Crippen LogP) is 3.24. The normalized spacial score (nSPS) is 26.0. The predicted molar refractivity (Wildman–Crippen MR) is 96.6 cm³/mol.